The van der Waals surface area contributed by atoms with Gasteiger partial charge in [0.25, 0.3) is 5.91 Å². The Bertz CT molecular complexity index is 1320. The van der Waals surface area contributed by atoms with Gasteiger partial charge in [0.2, 0.25) is 0 Å². The number of carbonyl (C=O) groups excluding carboxylic acids is 1. The number of amides is 1. The maximum absolute atomic E-state index is 13.3. The van der Waals surface area contributed by atoms with Crippen molar-refractivity contribution in [3.8, 4) is 5.69 Å². The number of fused-ring (bicyclic) bond motifs is 1. The van der Waals surface area contributed by atoms with E-state index in [4.69, 9.17) is 28.9 Å². The highest BCUT2D eigenvalue weighted by Gasteiger charge is 2.34. The van der Waals surface area contributed by atoms with Crippen LogP contribution in [-0.2, 0) is 15.6 Å². The molecule has 0 fully saturated rings. The number of rotatable bonds is 3. The van der Waals surface area contributed by atoms with Crippen LogP contribution in [0.15, 0.2) is 42.5 Å². The number of nitrogens with two attached hydrogens (primary N) is 1. The number of primary amides is 1. The summed E-state index contributed by atoms with van der Waals surface area (Å²) < 4.78 is 39.8. The Morgan fingerprint density at radius 2 is 1.83 bits per heavy atom. The molecule has 0 atom stereocenters. The monoisotopic (exact) mass is 465 g/mol. The maximum Gasteiger partial charge on any atom is 0.269 e. The number of halogens is 3. The van der Waals surface area contributed by atoms with Crippen molar-refractivity contribution >= 4 is 50.6 Å². The molecule has 6 nitrogen and oxygen atoms in total. The Kier molecular flexibility index (Phi) is 5.17. The third-order valence-electron chi connectivity index (χ3n) is 4.61. The molecule has 0 unspecified atom stereocenters. The van der Waals surface area contributed by atoms with Gasteiger partial charge in [-0.15, -0.1) is 0 Å². The van der Waals surface area contributed by atoms with Crippen LogP contribution in [0.25, 0.3) is 17.3 Å². The Hall–Kier alpha value is -2.68. The van der Waals surface area contributed by atoms with Gasteiger partial charge in [-0.3, -0.25) is 4.79 Å². The molecule has 0 radical (unpaired) electrons. The summed E-state index contributed by atoms with van der Waals surface area (Å²) in [5, 5.41) is 4.94. The number of hydrogen-bond acceptors (Lipinski definition) is 4. The first-order valence-electron chi connectivity index (χ1n) is 8.69. The molecular formula is C20H14Cl2FN3O3S. The number of hydrogen-bond donors (Lipinski definition) is 1. The first-order valence-corrected chi connectivity index (χ1v) is 11.3. The van der Waals surface area contributed by atoms with Gasteiger partial charge in [0, 0.05) is 10.6 Å². The summed E-state index contributed by atoms with van der Waals surface area (Å²) in [6, 6.07) is 10.3. The van der Waals surface area contributed by atoms with Crippen LogP contribution in [0.3, 0.4) is 0 Å². The summed E-state index contributed by atoms with van der Waals surface area (Å²) in [6.07, 6.45) is 1.61. The zero-order chi connectivity index (χ0) is 21.6. The van der Waals surface area contributed by atoms with E-state index in [1.807, 2.05) is 0 Å². The largest absolute Gasteiger partial charge is 0.364 e. The molecular weight excluding hydrogens is 452 g/mol. The fourth-order valence-corrected chi connectivity index (χ4v) is 5.39. The molecule has 1 aliphatic rings. The lowest BCUT2D eigenvalue weighted by molar-refractivity contribution is 0.0994. The van der Waals surface area contributed by atoms with E-state index in [0.29, 0.717) is 27.5 Å². The van der Waals surface area contributed by atoms with Gasteiger partial charge in [-0.05, 0) is 47.5 Å². The van der Waals surface area contributed by atoms with E-state index >= 15 is 0 Å². The first kappa shape index (κ1) is 20.6. The van der Waals surface area contributed by atoms with E-state index in [1.165, 1.54) is 35.0 Å². The fourth-order valence-electron chi connectivity index (χ4n) is 3.39. The minimum atomic E-state index is -3.57. The number of carbonyl (C=O) groups is 1. The van der Waals surface area contributed by atoms with Gasteiger partial charge < -0.3 is 5.73 Å². The second-order valence-corrected chi connectivity index (χ2v) is 9.71. The average molecular weight is 466 g/mol. The van der Waals surface area contributed by atoms with E-state index in [0.717, 1.165) is 0 Å². The smallest absolute Gasteiger partial charge is 0.269 e. The van der Waals surface area contributed by atoms with Gasteiger partial charge in [0.15, 0.2) is 15.5 Å². The van der Waals surface area contributed by atoms with Crippen LogP contribution >= 0.6 is 23.2 Å². The molecule has 2 N–H and O–H groups in total. The van der Waals surface area contributed by atoms with Gasteiger partial charge in [-0.1, -0.05) is 35.3 Å². The highest BCUT2D eigenvalue weighted by atomic mass is 35.5. The molecule has 30 heavy (non-hydrogen) atoms. The summed E-state index contributed by atoms with van der Waals surface area (Å²) in [7, 11) is -3.57. The van der Waals surface area contributed by atoms with Crippen LogP contribution in [0.1, 0.15) is 27.3 Å². The van der Waals surface area contributed by atoms with Crippen LogP contribution < -0.4 is 5.73 Å². The van der Waals surface area contributed by atoms with Gasteiger partial charge in [-0.2, -0.15) is 5.10 Å². The maximum atomic E-state index is 13.3. The first-order chi connectivity index (χ1) is 14.1. The third kappa shape index (κ3) is 3.86. The summed E-state index contributed by atoms with van der Waals surface area (Å²) in [5.74, 6) is -1.93. The number of aromatic nitrogens is 2. The number of nitrogens with zero attached hydrogens (tertiary/aromatic N) is 2. The molecule has 4 rings (SSSR count). The molecule has 0 saturated carbocycles. The van der Waals surface area contributed by atoms with Crippen LogP contribution in [0.5, 0.6) is 0 Å². The lowest BCUT2D eigenvalue weighted by Gasteiger charge is -2.19. The zero-order valence-corrected chi connectivity index (χ0v) is 17.6. The van der Waals surface area contributed by atoms with Crippen molar-refractivity contribution in [3.05, 3.63) is 80.8 Å². The van der Waals surface area contributed by atoms with Crippen molar-refractivity contribution < 1.29 is 17.6 Å². The summed E-state index contributed by atoms with van der Waals surface area (Å²) >= 11 is 12.3. The Labute approximate surface area is 181 Å². The van der Waals surface area contributed by atoms with Crippen molar-refractivity contribution in [2.45, 2.75) is 5.75 Å². The van der Waals surface area contributed by atoms with E-state index in [2.05, 4.69) is 5.10 Å². The van der Waals surface area contributed by atoms with Crippen molar-refractivity contribution in [1.82, 2.24) is 9.78 Å². The molecule has 2 heterocycles. The molecule has 10 heteroatoms. The molecule has 0 saturated heterocycles. The van der Waals surface area contributed by atoms with Crippen molar-refractivity contribution in [1.29, 1.82) is 0 Å². The molecule has 1 aromatic heterocycles. The second kappa shape index (κ2) is 7.54. The molecule has 0 spiro atoms. The lowest BCUT2D eigenvalue weighted by Crippen LogP contribution is -2.22. The molecule has 154 valence electrons. The molecule has 2 aromatic carbocycles. The summed E-state index contributed by atoms with van der Waals surface area (Å²) in [5.41, 5.74) is 7.31. The van der Waals surface area contributed by atoms with Crippen molar-refractivity contribution in [2.75, 3.05) is 5.75 Å². The topological polar surface area (TPSA) is 95.1 Å². The fraction of sp³-hybridized carbons (Fsp3) is 0.100. The van der Waals surface area contributed by atoms with Gasteiger partial charge >= 0.3 is 0 Å². The van der Waals surface area contributed by atoms with Crippen LogP contribution in [0.4, 0.5) is 4.39 Å². The lowest BCUT2D eigenvalue weighted by atomic mass is 10.0. The Morgan fingerprint density at radius 3 is 2.47 bits per heavy atom. The number of sulfone groups is 1. The Morgan fingerprint density at radius 1 is 1.13 bits per heavy atom. The van der Waals surface area contributed by atoms with Gasteiger partial charge in [0.05, 0.1) is 27.9 Å². The van der Waals surface area contributed by atoms with Crippen LogP contribution in [-0.4, -0.2) is 29.9 Å². The minimum Gasteiger partial charge on any atom is -0.364 e. The standard InChI is InChI=1S/C20H14Cl2FN3O3S/c21-13-3-6-17(16(22)8-13)26-19-12(7-11-1-4-14(23)5-2-11)9-30(28,29)10-15(19)18(25-26)20(24)27/h1-8H,9-10H2,(H2,24,27)/b12-7+. The molecule has 1 aliphatic heterocycles. The quantitative estimate of drug-likeness (QED) is 0.634. The third-order valence-corrected chi connectivity index (χ3v) is 6.63. The molecule has 0 bridgehead atoms. The average Bonchev–Trinajstić information content (AvgIpc) is 3.02. The van der Waals surface area contributed by atoms with Gasteiger partial charge in [-0.25, -0.2) is 17.5 Å². The summed E-state index contributed by atoms with van der Waals surface area (Å²) in [4.78, 5) is 12.0. The molecule has 1 amide bonds. The van der Waals surface area contributed by atoms with Crippen LogP contribution in [0, 0.1) is 5.82 Å². The van der Waals surface area contributed by atoms with E-state index in [9.17, 15) is 17.6 Å². The second-order valence-electron chi connectivity index (χ2n) is 6.80. The molecule has 0 aliphatic carbocycles. The van der Waals surface area contributed by atoms with Crippen molar-refractivity contribution in [2.24, 2.45) is 5.73 Å². The van der Waals surface area contributed by atoms with E-state index < -0.39 is 21.6 Å². The van der Waals surface area contributed by atoms with E-state index in [-0.39, 0.29) is 27.8 Å². The predicted octanol–water partition coefficient (Wildman–Crippen LogP) is 3.89. The van der Waals surface area contributed by atoms with Crippen molar-refractivity contribution in [3.63, 3.8) is 0 Å². The van der Waals surface area contributed by atoms with Crippen LogP contribution in [0.2, 0.25) is 10.0 Å². The SMILES string of the molecule is NC(=O)c1nn(-c2ccc(Cl)cc2Cl)c2c1CS(=O)(=O)C/C2=C\c1ccc(F)cc1. The zero-order valence-electron chi connectivity index (χ0n) is 15.3. The summed E-state index contributed by atoms with van der Waals surface area (Å²) in [6.45, 7) is 0. The highest BCUT2D eigenvalue weighted by molar-refractivity contribution is 7.91. The highest BCUT2D eigenvalue weighted by Crippen LogP contribution is 2.36. The molecule has 3 aromatic rings. The minimum absolute atomic E-state index is 0.149. The number of benzene rings is 2. The van der Waals surface area contributed by atoms with E-state index in [1.54, 1.807) is 18.2 Å². The predicted molar refractivity (Wildman–Crippen MR) is 114 cm³/mol. The normalized spacial score (nSPS) is 16.4. The van der Waals surface area contributed by atoms with Gasteiger partial charge in [0.1, 0.15) is 5.82 Å². The Balaban J connectivity index is 2.01.